The predicted molar refractivity (Wildman–Crippen MR) is 59.9 cm³/mol. The fourth-order valence-electron chi connectivity index (χ4n) is 1.08. The first-order valence-corrected chi connectivity index (χ1v) is 5.80. The lowest BCUT2D eigenvalue weighted by atomic mass is 10.2. The van der Waals surface area contributed by atoms with Crippen LogP contribution in [0.1, 0.15) is 12.8 Å². The third kappa shape index (κ3) is 4.93. The summed E-state index contributed by atoms with van der Waals surface area (Å²) in [4.78, 5) is 10.9. The summed E-state index contributed by atoms with van der Waals surface area (Å²) < 4.78 is 18.0. The topological polar surface area (TPSA) is 26.3 Å². The number of Topliss-reactive ketones (excluding diaryl/α,β-unsaturated/α-hetero) is 1. The number of ketones is 1. The first-order chi connectivity index (χ1) is 7.22. The second-order valence-corrected chi connectivity index (χ2v) is 3.64. The van der Waals surface area contributed by atoms with E-state index in [2.05, 4.69) is 15.9 Å². The zero-order valence-corrected chi connectivity index (χ0v) is 9.80. The molecule has 0 atom stereocenters. The van der Waals surface area contributed by atoms with Crippen molar-refractivity contribution in [3.63, 3.8) is 0 Å². The molecule has 0 aromatic heterocycles. The summed E-state index contributed by atoms with van der Waals surface area (Å²) in [7, 11) is 0. The number of carbonyl (C=O) groups excluding carboxylic acids is 1. The van der Waals surface area contributed by atoms with Crippen LogP contribution in [0.3, 0.4) is 0 Å². The summed E-state index contributed by atoms with van der Waals surface area (Å²) in [5.74, 6) is 0.336. The van der Waals surface area contributed by atoms with Gasteiger partial charge in [-0.3, -0.25) is 4.79 Å². The van der Waals surface area contributed by atoms with Crippen molar-refractivity contribution in [2.24, 2.45) is 0 Å². The third-order valence-electron chi connectivity index (χ3n) is 1.81. The maximum Gasteiger partial charge on any atom is 0.143 e. The van der Waals surface area contributed by atoms with Crippen molar-refractivity contribution in [1.29, 1.82) is 0 Å². The standard InChI is InChI=1S/C11H12BrFO2/c12-8-10(14)4-2-6-15-11-5-1-3-9(13)7-11/h1,3,5,7H,2,4,6,8H2. The van der Waals surface area contributed by atoms with E-state index >= 15 is 0 Å². The summed E-state index contributed by atoms with van der Waals surface area (Å²) >= 11 is 3.08. The van der Waals surface area contributed by atoms with E-state index in [1.165, 1.54) is 12.1 Å². The van der Waals surface area contributed by atoms with Crippen LogP contribution in [0.4, 0.5) is 4.39 Å². The Morgan fingerprint density at radius 3 is 2.93 bits per heavy atom. The fraction of sp³-hybridized carbons (Fsp3) is 0.364. The quantitative estimate of drug-likeness (QED) is 0.589. The van der Waals surface area contributed by atoms with E-state index in [1.807, 2.05) is 0 Å². The van der Waals surface area contributed by atoms with Crippen LogP contribution in [0, 0.1) is 5.82 Å². The zero-order valence-electron chi connectivity index (χ0n) is 8.21. The van der Waals surface area contributed by atoms with E-state index in [9.17, 15) is 9.18 Å². The Kier molecular flexibility index (Phi) is 5.32. The summed E-state index contributed by atoms with van der Waals surface area (Å²) in [6, 6.07) is 5.97. The normalized spacial score (nSPS) is 10.0. The van der Waals surface area contributed by atoms with Gasteiger partial charge in [0.05, 0.1) is 11.9 Å². The Hall–Kier alpha value is -0.900. The van der Waals surface area contributed by atoms with Crippen LogP contribution in [0.2, 0.25) is 0 Å². The molecule has 0 aliphatic rings. The molecule has 0 heterocycles. The molecular weight excluding hydrogens is 263 g/mol. The SMILES string of the molecule is O=C(CBr)CCCOc1cccc(F)c1. The van der Waals surface area contributed by atoms with E-state index in [4.69, 9.17) is 4.74 Å². The highest BCUT2D eigenvalue weighted by Crippen LogP contribution is 2.12. The number of ether oxygens (including phenoxy) is 1. The molecule has 0 N–H and O–H groups in total. The molecule has 1 aromatic carbocycles. The Bertz CT molecular complexity index is 328. The van der Waals surface area contributed by atoms with Gasteiger partial charge in [0.15, 0.2) is 0 Å². The molecule has 0 saturated heterocycles. The van der Waals surface area contributed by atoms with Gasteiger partial charge in [0.2, 0.25) is 0 Å². The van der Waals surface area contributed by atoms with E-state index in [0.29, 0.717) is 30.5 Å². The Labute approximate surface area is 96.6 Å². The molecular formula is C11H12BrFO2. The number of rotatable bonds is 6. The first kappa shape index (κ1) is 12.2. The average Bonchev–Trinajstić information content (AvgIpc) is 2.24. The smallest absolute Gasteiger partial charge is 0.143 e. The molecule has 0 spiro atoms. The molecule has 15 heavy (non-hydrogen) atoms. The minimum Gasteiger partial charge on any atom is -0.493 e. The van der Waals surface area contributed by atoms with E-state index < -0.39 is 0 Å². The Morgan fingerprint density at radius 2 is 2.27 bits per heavy atom. The van der Waals surface area contributed by atoms with Crippen molar-refractivity contribution in [2.75, 3.05) is 11.9 Å². The minimum absolute atomic E-state index is 0.151. The molecule has 0 saturated carbocycles. The van der Waals surface area contributed by atoms with Gasteiger partial charge in [0.1, 0.15) is 17.3 Å². The predicted octanol–water partition coefficient (Wildman–Crippen LogP) is 2.95. The number of alkyl halides is 1. The minimum atomic E-state index is -0.316. The molecule has 0 bridgehead atoms. The van der Waals surface area contributed by atoms with Crippen molar-refractivity contribution in [3.8, 4) is 5.75 Å². The van der Waals surface area contributed by atoms with Gasteiger partial charge in [-0.25, -0.2) is 4.39 Å². The van der Waals surface area contributed by atoms with Gasteiger partial charge in [0, 0.05) is 12.5 Å². The molecule has 0 unspecified atom stereocenters. The Balaban J connectivity index is 2.23. The lowest BCUT2D eigenvalue weighted by Crippen LogP contribution is -2.03. The van der Waals surface area contributed by atoms with Crippen molar-refractivity contribution < 1.29 is 13.9 Å². The molecule has 0 fully saturated rings. The molecule has 1 aromatic rings. The molecule has 1 rings (SSSR count). The summed E-state index contributed by atoms with van der Waals surface area (Å²) in [6.07, 6.45) is 1.14. The molecule has 0 amide bonds. The van der Waals surface area contributed by atoms with Crippen molar-refractivity contribution in [3.05, 3.63) is 30.1 Å². The number of halogens is 2. The van der Waals surface area contributed by atoms with E-state index in [1.54, 1.807) is 12.1 Å². The first-order valence-electron chi connectivity index (χ1n) is 4.68. The van der Waals surface area contributed by atoms with Gasteiger partial charge in [-0.15, -0.1) is 0 Å². The highest BCUT2D eigenvalue weighted by atomic mass is 79.9. The molecule has 4 heteroatoms. The summed E-state index contributed by atoms with van der Waals surface area (Å²) in [6.45, 7) is 0.433. The van der Waals surface area contributed by atoms with E-state index in [-0.39, 0.29) is 11.6 Å². The second-order valence-electron chi connectivity index (χ2n) is 3.08. The van der Waals surface area contributed by atoms with Crippen molar-refractivity contribution in [2.45, 2.75) is 12.8 Å². The maximum atomic E-state index is 12.7. The monoisotopic (exact) mass is 274 g/mol. The fourth-order valence-corrected chi connectivity index (χ4v) is 1.36. The number of benzene rings is 1. The van der Waals surface area contributed by atoms with Crippen LogP contribution >= 0.6 is 15.9 Å². The number of hydrogen-bond acceptors (Lipinski definition) is 2. The number of hydrogen-bond donors (Lipinski definition) is 0. The Morgan fingerprint density at radius 1 is 1.47 bits per heavy atom. The largest absolute Gasteiger partial charge is 0.493 e. The summed E-state index contributed by atoms with van der Waals surface area (Å²) in [5.41, 5.74) is 0. The molecule has 0 radical (unpaired) electrons. The van der Waals surface area contributed by atoms with Gasteiger partial charge < -0.3 is 4.74 Å². The van der Waals surface area contributed by atoms with Crippen LogP contribution in [0.25, 0.3) is 0 Å². The average molecular weight is 275 g/mol. The summed E-state index contributed by atoms with van der Waals surface area (Å²) in [5, 5.41) is 0.382. The van der Waals surface area contributed by atoms with Crippen molar-refractivity contribution >= 4 is 21.7 Å². The van der Waals surface area contributed by atoms with Crippen LogP contribution < -0.4 is 4.74 Å². The van der Waals surface area contributed by atoms with Crippen LogP contribution in [0.15, 0.2) is 24.3 Å². The van der Waals surface area contributed by atoms with Gasteiger partial charge in [0.25, 0.3) is 0 Å². The maximum absolute atomic E-state index is 12.7. The van der Waals surface area contributed by atoms with Gasteiger partial charge >= 0.3 is 0 Å². The highest BCUT2D eigenvalue weighted by Gasteiger charge is 2.00. The lowest BCUT2D eigenvalue weighted by Gasteiger charge is -2.04. The second kappa shape index (κ2) is 6.56. The lowest BCUT2D eigenvalue weighted by molar-refractivity contribution is -0.116. The molecule has 0 aliphatic carbocycles. The number of carbonyl (C=O) groups is 1. The van der Waals surface area contributed by atoms with E-state index in [0.717, 1.165) is 0 Å². The van der Waals surface area contributed by atoms with Crippen LogP contribution in [-0.2, 0) is 4.79 Å². The van der Waals surface area contributed by atoms with Gasteiger partial charge in [-0.1, -0.05) is 22.0 Å². The van der Waals surface area contributed by atoms with Crippen molar-refractivity contribution in [1.82, 2.24) is 0 Å². The molecule has 82 valence electrons. The molecule has 2 nitrogen and oxygen atoms in total. The van der Waals surface area contributed by atoms with Gasteiger partial charge in [-0.05, 0) is 18.6 Å². The zero-order chi connectivity index (χ0) is 11.1. The van der Waals surface area contributed by atoms with Crippen LogP contribution in [0.5, 0.6) is 5.75 Å². The molecule has 0 aliphatic heterocycles. The third-order valence-corrected chi connectivity index (χ3v) is 2.44. The van der Waals surface area contributed by atoms with Crippen LogP contribution in [-0.4, -0.2) is 17.7 Å². The van der Waals surface area contributed by atoms with Gasteiger partial charge in [-0.2, -0.15) is 0 Å². The highest BCUT2D eigenvalue weighted by molar-refractivity contribution is 9.09.